The van der Waals surface area contributed by atoms with Crippen LogP contribution >= 0.6 is 0 Å². The molecule has 0 radical (unpaired) electrons. The van der Waals surface area contributed by atoms with Crippen molar-refractivity contribution in [3.05, 3.63) is 65.7 Å². The number of hydrogen-bond acceptors (Lipinski definition) is 3. The highest BCUT2D eigenvalue weighted by Crippen LogP contribution is 2.19. The number of anilines is 1. The Morgan fingerprint density at radius 3 is 2.42 bits per heavy atom. The van der Waals surface area contributed by atoms with Crippen molar-refractivity contribution in [2.45, 2.75) is 25.8 Å². The first-order valence-electron chi connectivity index (χ1n) is 7.82. The summed E-state index contributed by atoms with van der Waals surface area (Å²) in [5.74, 6) is -0.227. The summed E-state index contributed by atoms with van der Waals surface area (Å²) in [7, 11) is -3.38. The number of amides is 1. The van der Waals surface area contributed by atoms with Crippen LogP contribution in [0.15, 0.2) is 54.6 Å². The van der Waals surface area contributed by atoms with Gasteiger partial charge >= 0.3 is 0 Å². The molecule has 0 aromatic heterocycles. The van der Waals surface area contributed by atoms with E-state index in [4.69, 9.17) is 0 Å². The molecule has 2 aromatic rings. The van der Waals surface area contributed by atoms with Gasteiger partial charge in [-0.3, -0.25) is 9.52 Å². The van der Waals surface area contributed by atoms with Gasteiger partial charge in [0.05, 0.1) is 12.3 Å². The molecule has 0 aliphatic heterocycles. The van der Waals surface area contributed by atoms with Crippen molar-refractivity contribution in [2.24, 2.45) is 0 Å². The second kappa shape index (κ2) is 7.97. The lowest BCUT2D eigenvalue weighted by atomic mass is 10.0. The third-order valence-electron chi connectivity index (χ3n) is 3.51. The molecule has 0 heterocycles. The highest BCUT2D eigenvalue weighted by Gasteiger charge is 2.15. The number of benzene rings is 2. The predicted octanol–water partition coefficient (Wildman–Crippen LogP) is 3.33. The first-order chi connectivity index (χ1) is 11.4. The number of carbonyl (C=O) groups is 1. The van der Waals surface area contributed by atoms with Gasteiger partial charge in [-0.05, 0) is 30.2 Å². The molecule has 6 heteroatoms. The summed E-state index contributed by atoms with van der Waals surface area (Å²) in [6.45, 7) is 2.07. The maximum absolute atomic E-state index is 12.5. The number of hydrogen-bond donors (Lipinski definition) is 2. The van der Waals surface area contributed by atoms with Gasteiger partial charge < -0.3 is 5.32 Å². The van der Waals surface area contributed by atoms with E-state index in [1.807, 2.05) is 30.3 Å². The van der Waals surface area contributed by atoms with E-state index in [0.29, 0.717) is 11.3 Å². The molecule has 5 nitrogen and oxygen atoms in total. The second-order valence-electron chi connectivity index (χ2n) is 5.68. The molecule has 0 saturated heterocycles. The fourth-order valence-electron chi connectivity index (χ4n) is 2.48. The zero-order valence-electron chi connectivity index (χ0n) is 13.8. The molecule has 128 valence electrons. The van der Waals surface area contributed by atoms with Crippen molar-refractivity contribution < 1.29 is 13.2 Å². The molecule has 1 amide bonds. The van der Waals surface area contributed by atoms with E-state index in [9.17, 15) is 13.2 Å². The lowest BCUT2D eigenvalue weighted by molar-refractivity contribution is 0.0934. The molecule has 1 atom stereocenters. The highest BCUT2D eigenvalue weighted by molar-refractivity contribution is 7.92. The quantitative estimate of drug-likeness (QED) is 0.807. The summed E-state index contributed by atoms with van der Waals surface area (Å²) in [6.07, 6.45) is 2.85. The first-order valence-corrected chi connectivity index (χ1v) is 9.72. The van der Waals surface area contributed by atoms with Crippen LogP contribution in [0.5, 0.6) is 0 Å². The van der Waals surface area contributed by atoms with Gasteiger partial charge in [-0.1, -0.05) is 49.7 Å². The zero-order chi connectivity index (χ0) is 17.6. The van der Waals surface area contributed by atoms with Crippen LogP contribution in [0.2, 0.25) is 0 Å². The molecule has 24 heavy (non-hydrogen) atoms. The molecule has 0 fully saturated rings. The van der Waals surface area contributed by atoms with Crippen LogP contribution < -0.4 is 10.0 Å². The molecule has 0 saturated carbocycles. The molecule has 0 bridgehead atoms. The van der Waals surface area contributed by atoms with Gasteiger partial charge in [-0.25, -0.2) is 8.42 Å². The van der Waals surface area contributed by atoms with Gasteiger partial charge in [0.2, 0.25) is 10.0 Å². The van der Waals surface area contributed by atoms with E-state index in [2.05, 4.69) is 17.0 Å². The van der Waals surface area contributed by atoms with Crippen LogP contribution in [-0.4, -0.2) is 20.6 Å². The van der Waals surface area contributed by atoms with Crippen LogP contribution in [0, 0.1) is 0 Å². The van der Waals surface area contributed by atoms with Crippen molar-refractivity contribution in [1.82, 2.24) is 5.32 Å². The Morgan fingerprint density at radius 2 is 1.79 bits per heavy atom. The lowest BCUT2D eigenvalue weighted by Gasteiger charge is -2.19. The Balaban J connectivity index is 2.17. The third kappa shape index (κ3) is 5.38. The summed E-state index contributed by atoms with van der Waals surface area (Å²) in [5, 5.41) is 3.02. The van der Waals surface area contributed by atoms with Crippen molar-refractivity contribution in [3.8, 4) is 0 Å². The van der Waals surface area contributed by atoms with E-state index >= 15 is 0 Å². The van der Waals surface area contributed by atoms with Gasteiger partial charge in [0.1, 0.15) is 0 Å². The zero-order valence-corrected chi connectivity index (χ0v) is 14.6. The summed E-state index contributed by atoms with van der Waals surface area (Å²) >= 11 is 0. The normalized spacial score (nSPS) is 12.4. The molecule has 1 unspecified atom stereocenters. The Labute approximate surface area is 143 Å². The molecular weight excluding hydrogens is 324 g/mol. The average molecular weight is 346 g/mol. The van der Waals surface area contributed by atoms with Gasteiger partial charge in [0, 0.05) is 11.3 Å². The Hall–Kier alpha value is -2.34. The number of sulfonamides is 1. The summed E-state index contributed by atoms with van der Waals surface area (Å²) in [5.41, 5.74) is 1.84. The third-order valence-corrected chi connectivity index (χ3v) is 4.12. The maximum atomic E-state index is 12.5. The van der Waals surface area contributed by atoms with E-state index in [0.717, 1.165) is 24.7 Å². The number of nitrogens with one attached hydrogen (secondary N) is 2. The van der Waals surface area contributed by atoms with E-state index < -0.39 is 10.0 Å². The van der Waals surface area contributed by atoms with Crippen LogP contribution in [0.25, 0.3) is 0 Å². The fourth-order valence-corrected chi connectivity index (χ4v) is 3.03. The molecule has 0 aliphatic carbocycles. The monoisotopic (exact) mass is 346 g/mol. The minimum absolute atomic E-state index is 0.0739. The topological polar surface area (TPSA) is 75.3 Å². The fraction of sp³-hybridized carbons (Fsp3) is 0.278. The maximum Gasteiger partial charge on any atom is 0.251 e. The van der Waals surface area contributed by atoms with Crippen LogP contribution in [0.1, 0.15) is 41.7 Å². The number of rotatable bonds is 7. The molecule has 2 aromatic carbocycles. The SMILES string of the molecule is CCCC(NC(=O)c1cccc(NS(C)(=O)=O)c1)c1ccccc1. The minimum atomic E-state index is -3.38. The highest BCUT2D eigenvalue weighted by atomic mass is 32.2. The average Bonchev–Trinajstić information content (AvgIpc) is 2.54. The second-order valence-corrected chi connectivity index (χ2v) is 7.43. The van der Waals surface area contributed by atoms with Gasteiger partial charge in [0.15, 0.2) is 0 Å². The summed E-state index contributed by atoms with van der Waals surface area (Å²) in [4.78, 5) is 12.5. The van der Waals surface area contributed by atoms with Crippen molar-refractivity contribution in [3.63, 3.8) is 0 Å². The van der Waals surface area contributed by atoms with E-state index in [-0.39, 0.29) is 11.9 Å². The standard InChI is InChI=1S/C18H22N2O3S/c1-3-8-17(14-9-5-4-6-10-14)19-18(21)15-11-7-12-16(13-15)20-24(2,22)23/h4-7,9-13,17,20H,3,8H2,1-2H3,(H,19,21). The Kier molecular flexibility index (Phi) is 5.98. The van der Waals surface area contributed by atoms with Crippen LogP contribution in [-0.2, 0) is 10.0 Å². The number of carbonyl (C=O) groups excluding carboxylic acids is 1. The Morgan fingerprint density at radius 1 is 1.08 bits per heavy atom. The lowest BCUT2D eigenvalue weighted by Crippen LogP contribution is -2.28. The van der Waals surface area contributed by atoms with Crippen LogP contribution in [0.3, 0.4) is 0 Å². The first kappa shape index (κ1) is 18.0. The van der Waals surface area contributed by atoms with Crippen molar-refractivity contribution in [1.29, 1.82) is 0 Å². The molecule has 2 rings (SSSR count). The molecule has 2 N–H and O–H groups in total. The molecule has 0 aliphatic rings. The summed E-state index contributed by atoms with van der Waals surface area (Å²) in [6, 6.07) is 16.2. The molecule has 0 spiro atoms. The van der Waals surface area contributed by atoms with Crippen LogP contribution in [0.4, 0.5) is 5.69 Å². The van der Waals surface area contributed by atoms with Gasteiger partial charge in [-0.2, -0.15) is 0 Å². The predicted molar refractivity (Wildman–Crippen MR) is 96.5 cm³/mol. The van der Waals surface area contributed by atoms with E-state index in [1.54, 1.807) is 18.2 Å². The Bertz CT molecular complexity index is 789. The smallest absolute Gasteiger partial charge is 0.251 e. The van der Waals surface area contributed by atoms with Crippen molar-refractivity contribution >= 4 is 21.6 Å². The minimum Gasteiger partial charge on any atom is -0.345 e. The van der Waals surface area contributed by atoms with E-state index in [1.165, 1.54) is 6.07 Å². The molecular formula is C18H22N2O3S. The van der Waals surface area contributed by atoms with Crippen molar-refractivity contribution in [2.75, 3.05) is 11.0 Å². The van der Waals surface area contributed by atoms with Gasteiger partial charge in [-0.15, -0.1) is 0 Å². The van der Waals surface area contributed by atoms with Gasteiger partial charge in [0.25, 0.3) is 5.91 Å². The summed E-state index contributed by atoms with van der Waals surface area (Å²) < 4.78 is 25.0. The largest absolute Gasteiger partial charge is 0.345 e.